The monoisotopic (exact) mass is 594 g/mol. The van der Waals surface area contributed by atoms with Crippen molar-refractivity contribution >= 4 is 23.6 Å². The van der Waals surface area contributed by atoms with E-state index in [2.05, 4.69) is 0 Å². The molecule has 0 atom stereocenters. The molecule has 0 spiro atoms. The van der Waals surface area contributed by atoms with Gasteiger partial charge in [0.2, 0.25) is 0 Å². The van der Waals surface area contributed by atoms with Crippen LogP contribution in [0.3, 0.4) is 0 Å². The quantitative estimate of drug-likeness (QED) is 0.367. The van der Waals surface area contributed by atoms with Gasteiger partial charge >= 0.3 is 52.4 Å². The molecule has 0 bridgehead atoms. The van der Waals surface area contributed by atoms with Gasteiger partial charge < -0.3 is 66.9 Å². The third-order valence-corrected chi connectivity index (χ3v) is 1.91. The molecule has 0 saturated carbocycles. The van der Waals surface area contributed by atoms with Gasteiger partial charge in [-0.25, -0.2) is 0 Å². The number of rotatable bonds is 8. The summed E-state index contributed by atoms with van der Waals surface area (Å²) in [5, 5.41) is 0. The van der Waals surface area contributed by atoms with E-state index < -0.39 is 23.6 Å². The second-order valence-corrected chi connectivity index (χ2v) is 4.69. The molecule has 12 heteroatoms. The van der Waals surface area contributed by atoms with E-state index in [9.17, 15) is 19.2 Å². The average Bonchev–Trinajstić information content (AvgIpc) is 2.39. The first-order valence-electron chi connectivity index (χ1n) is 8.06. The summed E-state index contributed by atoms with van der Waals surface area (Å²) in [5.74, 6) is -1.84. The van der Waals surface area contributed by atoms with E-state index in [1.165, 1.54) is 0 Å². The number of carbonyl (C=O) groups excluding carboxylic acids is 4. The zero-order valence-corrected chi connectivity index (χ0v) is 23.5. The molecule has 0 unspecified atom stereocenters. The maximum absolute atomic E-state index is 9.71. The molecule has 0 aliphatic heterocycles. The van der Waals surface area contributed by atoms with Crippen LogP contribution in [0, 0.1) is 0 Å². The van der Waals surface area contributed by atoms with Crippen LogP contribution in [0.2, 0.25) is 0 Å². The number of hydrogen-bond acceptors (Lipinski definition) is 4. The van der Waals surface area contributed by atoms with E-state index >= 15 is 0 Å². The topological polar surface area (TPSA) is 163 Å². The smallest absolute Gasteiger partial charge is 1.00 e. The van der Waals surface area contributed by atoms with Gasteiger partial charge in [0.05, 0.1) is 0 Å². The predicted octanol–water partition coefficient (Wildman–Crippen LogP) is -0.536. The summed E-state index contributed by atoms with van der Waals surface area (Å²) < 4.78 is 0. The van der Waals surface area contributed by atoms with Gasteiger partial charge in [0, 0.05) is 23.6 Å². The van der Waals surface area contributed by atoms with Gasteiger partial charge in [-0.3, -0.25) is 0 Å². The van der Waals surface area contributed by atoms with Crippen molar-refractivity contribution in [2.75, 3.05) is 0 Å². The first-order chi connectivity index (χ1) is 11.1. The summed E-state index contributed by atoms with van der Waals surface area (Å²) in [6.45, 7) is 7.53. The molecule has 0 aliphatic carbocycles. The van der Waals surface area contributed by atoms with E-state index in [4.69, 9.17) is 22.9 Å². The number of amides is 4. The molecule has 4 N–H and O–H groups in total. The van der Waals surface area contributed by atoms with Crippen LogP contribution in [0.25, 0.3) is 22.9 Å². The fraction of sp³-hybridized carbons (Fsp3) is 0.750. The summed E-state index contributed by atoms with van der Waals surface area (Å²) in [5.41, 5.74) is 25.4. The number of nitrogens with one attached hydrogen (secondary N) is 4. The molecular formula is C16H32Cl2N4O4Zr2. The van der Waals surface area contributed by atoms with Crippen LogP contribution in [-0.2, 0) is 71.6 Å². The largest absolute Gasteiger partial charge is 3.00 e. The summed E-state index contributed by atoms with van der Waals surface area (Å²) in [6, 6.07) is 0. The molecule has 0 aromatic carbocycles. The number of halogens is 2. The van der Waals surface area contributed by atoms with Crippen molar-refractivity contribution in [3.63, 3.8) is 0 Å². The van der Waals surface area contributed by atoms with E-state index in [1.807, 2.05) is 27.7 Å². The maximum atomic E-state index is 9.71. The molecule has 0 aliphatic rings. The van der Waals surface area contributed by atoms with Crippen molar-refractivity contribution in [3.8, 4) is 0 Å². The molecule has 0 saturated heterocycles. The van der Waals surface area contributed by atoms with E-state index in [1.54, 1.807) is 0 Å². The zero-order valence-electron chi connectivity index (χ0n) is 17.0. The Morgan fingerprint density at radius 2 is 0.571 bits per heavy atom. The minimum Gasteiger partial charge on any atom is -1.00 e. The average molecular weight is 598 g/mol. The second kappa shape index (κ2) is 45.8. The third-order valence-electron chi connectivity index (χ3n) is 1.91. The fourth-order valence-corrected chi connectivity index (χ4v) is 0.908. The van der Waals surface area contributed by atoms with Crippen LogP contribution in [-0.4, -0.2) is 23.6 Å². The van der Waals surface area contributed by atoms with E-state index in [0.717, 1.165) is 25.7 Å². The molecule has 0 fully saturated rings. The Bertz CT molecular complexity index is 291. The SMILES string of the molecule is CCCC([NH-])=O.CCCC([NH-])=O.CCCC([NH-])=O.CCCC([NH-])=O.[Cl-].[Cl-].[Zr+3].[Zr+3]. The van der Waals surface area contributed by atoms with Crippen LogP contribution in [0.4, 0.5) is 0 Å². The van der Waals surface area contributed by atoms with Crippen LogP contribution in [0.1, 0.15) is 79.1 Å². The first-order valence-corrected chi connectivity index (χ1v) is 8.06. The molecule has 162 valence electrons. The first kappa shape index (κ1) is 51.1. The minimum absolute atomic E-state index is 0. The van der Waals surface area contributed by atoms with Crippen molar-refractivity contribution in [1.82, 2.24) is 0 Å². The van der Waals surface area contributed by atoms with Gasteiger partial charge in [0.15, 0.2) is 0 Å². The summed E-state index contributed by atoms with van der Waals surface area (Å²) in [7, 11) is 0. The van der Waals surface area contributed by atoms with Gasteiger partial charge in [-0.15, -0.1) is 0 Å². The number of carbonyl (C=O) groups is 4. The molecule has 0 rings (SSSR count). The third kappa shape index (κ3) is 112. The normalized spacial score (nSPS) is 7.00. The maximum Gasteiger partial charge on any atom is 3.00 e. The molecule has 0 aromatic rings. The van der Waals surface area contributed by atoms with Gasteiger partial charge in [-0.05, 0) is 25.7 Å². The zero-order chi connectivity index (χ0) is 20.0. The van der Waals surface area contributed by atoms with Crippen molar-refractivity contribution in [3.05, 3.63) is 22.9 Å². The Kier molecular flexibility index (Phi) is 83.6. The molecule has 0 heterocycles. The summed E-state index contributed by atoms with van der Waals surface area (Å²) in [4.78, 5) is 38.8. The van der Waals surface area contributed by atoms with Crippen LogP contribution in [0.5, 0.6) is 0 Å². The molecule has 28 heavy (non-hydrogen) atoms. The van der Waals surface area contributed by atoms with E-state index in [-0.39, 0.29) is 77.2 Å². The summed E-state index contributed by atoms with van der Waals surface area (Å²) in [6.07, 6.45) is 4.79. The molecule has 4 amide bonds. The fourth-order valence-electron chi connectivity index (χ4n) is 0.908. The Labute approximate surface area is 220 Å². The van der Waals surface area contributed by atoms with Crippen LogP contribution >= 0.6 is 0 Å². The standard InChI is InChI=1S/4C4H9NO.2ClH.2Zr/c4*1-2-3-4(5)6;;;;/h4*2-3H2,1H3,(H2,5,6);2*1H;;/q;;;;;;2*+3/p-6. The Hall–Kier alpha value is 0.226. The Morgan fingerprint density at radius 3 is 0.571 bits per heavy atom. The van der Waals surface area contributed by atoms with Crippen molar-refractivity contribution < 1.29 is 96.4 Å². The Morgan fingerprint density at radius 1 is 0.464 bits per heavy atom. The molecule has 8 nitrogen and oxygen atoms in total. The van der Waals surface area contributed by atoms with Gasteiger partial charge in [-0.2, -0.15) is 0 Å². The van der Waals surface area contributed by atoms with Gasteiger partial charge in [0.1, 0.15) is 0 Å². The van der Waals surface area contributed by atoms with Gasteiger partial charge in [0.25, 0.3) is 0 Å². The van der Waals surface area contributed by atoms with E-state index in [0.29, 0.717) is 25.7 Å². The molecular weight excluding hydrogens is 566 g/mol. The van der Waals surface area contributed by atoms with Crippen molar-refractivity contribution in [2.24, 2.45) is 0 Å². The minimum atomic E-state index is -0.461. The van der Waals surface area contributed by atoms with Crippen LogP contribution in [0.15, 0.2) is 0 Å². The molecule has 2 radical (unpaired) electrons. The molecule has 0 aromatic heterocycles. The van der Waals surface area contributed by atoms with Crippen molar-refractivity contribution in [1.29, 1.82) is 0 Å². The van der Waals surface area contributed by atoms with Crippen LogP contribution < -0.4 is 24.8 Å². The van der Waals surface area contributed by atoms with Crippen molar-refractivity contribution in [2.45, 2.75) is 79.1 Å². The predicted molar refractivity (Wildman–Crippen MR) is 96.9 cm³/mol. The second-order valence-electron chi connectivity index (χ2n) is 4.69. The Balaban J connectivity index is -0.0000000303. The van der Waals surface area contributed by atoms with Gasteiger partial charge in [-0.1, -0.05) is 53.4 Å². The summed E-state index contributed by atoms with van der Waals surface area (Å²) >= 11 is 0. The number of hydrogen-bond donors (Lipinski definition) is 0.